The van der Waals surface area contributed by atoms with E-state index in [0.717, 1.165) is 5.56 Å². The van der Waals surface area contributed by atoms with Crippen molar-refractivity contribution in [3.63, 3.8) is 0 Å². The Labute approximate surface area is 190 Å². The number of alkyl halides is 3. The van der Waals surface area contributed by atoms with Crippen LogP contribution in [0.4, 0.5) is 13.2 Å². The molecular weight excluding hydrogens is 433 g/mol. The Kier molecular flexibility index (Phi) is 8.29. The minimum atomic E-state index is -4.58. The van der Waals surface area contributed by atoms with Crippen molar-refractivity contribution in [2.24, 2.45) is 0 Å². The van der Waals surface area contributed by atoms with Crippen LogP contribution in [0.25, 0.3) is 0 Å². The second-order valence-electron chi connectivity index (χ2n) is 7.44. The number of halogens is 3. The van der Waals surface area contributed by atoms with E-state index in [1.165, 1.54) is 12.0 Å². The summed E-state index contributed by atoms with van der Waals surface area (Å²) in [6.45, 7) is 0.467. The van der Waals surface area contributed by atoms with Crippen molar-refractivity contribution in [1.29, 1.82) is 0 Å². The SMILES string of the molecule is COc1cc(CN(CCc2ccccn2)C(=O)CC(F)(F)F)ccc1OCc1ccccc1. The number of amides is 1. The molecule has 1 aromatic heterocycles. The van der Waals surface area contributed by atoms with Gasteiger partial charge in [0.05, 0.1) is 7.11 Å². The molecule has 3 rings (SSSR count). The molecule has 0 radical (unpaired) electrons. The van der Waals surface area contributed by atoms with Crippen LogP contribution in [0.15, 0.2) is 72.9 Å². The summed E-state index contributed by atoms with van der Waals surface area (Å²) >= 11 is 0. The van der Waals surface area contributed by atoms with Crippen LogP contribution in [0, 0.1) is 0 Å². The van der Waals surface area contributed by atoms with E-state index in [-0.39, 0.29) is 13.1 Å². The molecule has 0 aliphatic heterocycles. The highest BCUT2D eigenvalue weighted by atomic mass is 19.4. The Hall–Kier alpha value is -3.55. The zero-order valence-electron chi connectivity index (χ0n) is 18.2. The highest BCUT2D eigenvalue weighted by Gasteiger charge is 2.33. The number of benzene rings is 2. The molecule has 3 aromatic rings. The molecule has 0 fully saturated rings. The van der Waals surface area contributed by atoms with Gasteiger partial charge >= 0.3 is 6.18 Å². The van der Waals surface area contributed by atoms with Crippen LogP contribution >= 0.6 is 0 Å². The maximum atomic E-state index is 12.9. The lowest BCUT2D eigenvalue weighted by Crippen LogP contribution is -2.35. The summed E-state index contributed by atoms with van der Waals surface area (Å²) in [5.74, 6) is -0.0371. The molecule has 1 amide bonds. The first kappa shape index (κ1) is 24.1. The number of aromatic nitrogens is 1. The van der Waals surface area contributed by atoms with Gasteiger partial charge < -0.3 is 14.4 Å². The molecular formula is C25H25F3N2O3. The van der Waals surface area contributed by atoms with Crippen molar-refractivity contribution < 1.29 is 27.4 Å². The third kappa shape index (κ3) is 7.82. The number of rotatable bonds is 10. The fraction of sp³-hybridized carbons (Fsp3) is 0.280. The van der Waals surface area contributed by atoms with Gasteiger partial charge in [-0.25, -0.2) is 0 Å². The van der Waals surface area contributed by atoms with Gasteiger partial charge in [-0.05, 0) is 35.4 Å². The highest BCUT2D eigenvalue weighted by Crippen LogP contribution is 2.30. The molecule has 0 unspecified atom stereocenters. The zero-order chi connectivity index (χ0) is 23.7. The van der Waals surface area contributed by atoms with E-state index in [0.29, 0.717) is 35.8 Å². The van der Waals surface area contributed by atoms with Crippen molar-refractivity contribution in [2.75, 3.05) is 13.7 Å². The topological polar surface area (TPSA) is 51.7 Å². The third-order valence-corrected chi connectivity index (χ3v) is 4.91. The van der Waals surface area contributed by atoms with E-state index in [2.05, 4.69) is 4.98 Å². The zero-order valence-corrected chi connectivity index (χ0v) is 18.2. The summed E-state index contributed by atoms with van der Waals surface area (Å²) in [5, 5.41) is 0. The molecule has 0 spiro atoms. The second kappa shape index (κ2) is 11.4. The minimum absolute atomic E-state index is 0.0110. The highest BCUT2D eigenvalue weighted by molar-refractivity contribution is 5.77. The predicted octanol–water partition coefficient (Wildman–Crippen LogP) is 5.19. The van der Waals surface area contributed by atoms with Gasteiger partial charge in [0.1, 0.15) is 13.0 Å². The van der Waals surface area contributed by atoms with Crippen LogP contribution in [-0.4, -0.2) is 35.6 Å². The van der Waals surface area contributed by atoms with Crippen molar-refractivity contribution >= 4 is 5.91 Å². The lowest BCUT2D eigenvalue weighted by atomic mass is 10.1. The van der Waals surface area contributed by atoms with E-state index in [1.807, 2.05) is 30.3 Å². The quantitative estimate of drug-likeness (QED) is 0.420. The standard InChI is InChI=1S/C25H25F3N2O3/c1-32-23-15-20(10-11-22(23)33-18-19-7-3-2-4-8-19)17-30(24(31)16-25(26,27)28)14-12-21-9-5-6-13-29-21/h2-11,13,15H,12,14,16-18H2,1H3. The van der Waals surface area contributed by atoms with Gasteiger partial charge in [0, 0.05) is 31.4 Å². The number of hydrogen-bond acceptors (Lipinski definition) is 4. The molecule has 0 aliphatic rings. The number of pyridine rings is 1. The number of ether oxygens (including phenoxy) is 2. The number of carbonyl (C=O) groups excluding carboxylic acids is 1. The number of nitrogens with zero attached hydrogens (tertiary/aromatic N) is 2. The number of methoxy groups -OCH3 is 1. The lowest BCUT2D eigenvalue weighted by Gasteiger charge is -2.24. The van der Waals surface area contributed by atoms with Crippen LogP contribution in [0.2, 0.25) is 0 Å². The summed E-state index contributed by atoms with van der Waals surface area (Å²) in [6, 6.07) is 20.0. The molecule has 0 N–H and O–H groups in total. The molecule has 174 valence electrons. The Balaban J connectivity index is 1.72. The molecule has 0 aliphatic carbocycles. The number of carbonyl (C=O) groups is 1. The maximum absolute atomic E-state index is 12.9. The summed E-state index contributed by atoms with van der Waals surface area (Å²) in [7, 11) is 1.49. The van der Waals surface area contributed by atoms with Gasteiger partial charge in [0.2, 0.25) is 5.91 Å². The Morgan fingerprint density at radius 1 is 0.970 bits per heavy atom. The van der Waals surface area contributed by atoms with Crippen molar-refractivity contribution in [2.45, 2.75) is 32.2 Å². The Morgan fingerprint density at radius 3 is 2.39 bits per heavy atom. The largest absolute Gasteiger partial charge is 0.493 e. The first-order valence-corrected chi connectivity index (χ1v) is 10.4. The van der Waals surface area contributed by atoms with Crippen LogP contribution in [0.3, 0.4) is 0 Å². The minimum Gasteiger partial charge on any atom is -0.493 e. The van der Waals surface area contributed by atoms with Gasteiger partial charge in [0.15, 0.2) is 11.5 Å². The van der Waals surface area contributed by atoms with Crippen molar-refractivity contribution in [3.05, 3.63) is 89.7 Å². The van der Waals surface area contributed by atoms with E-state index in [4.69, 9.17) is 9.47 Å². The summed E-state index contributed by atoms with van der Waals surface area (Å²) in [6.07, 6.45) is -4.13. The van der Waals surface area contributed by atoms with Crippen molar-refractivity contribution in [1.82, 2.24) is 9.88 Å². The molecule has 1 heterocycles. The second-order valence-corrected chi connectivity index (χ2v) is 7.44. The van der Waals surface area contributed by atoms with E-state index >= 15 is 0 Å². The fourth-order valence-corrected chi connectivity index (χ4v) is 3.26. The summed E-state index contributed by atoms with van der Waals surface area (Å²) < 4.78 is 49.8. The van der Waals surface area contributed by atoms with E-state index in [1.54, 1.807) is 42.6 Å². The summed E-state index contributed by atoms with van der Waals surface area (Å²) in [4.78, 5) is 17.8. The van der Waals surface area contributed by atoms with Crippen LogP contribution in [-0.2, 0) is 24.4 Å². The normalized spacial score (nSPS) is 11.2. The molecule has 5 nitrogen and oxygen atoms in total. The average molecular weight is 458 g/mol. The lowest BCUT2D eigenvalue weighted by molar-refractivity contribution is -0.161. The molecule has 0 bridgehead atoms. The fourth-order valence-electron chi connectivity index (χ4n) is 3.26. The van der Waals surface area contributed by atoms with Crippen LogP contribution in [0.5, 0.6) is 11.5 Å². The molecule has 0 saturated heterocycles. The Bertz CT molecular complexity index is 1030. The molecule has 0 atom stereocenters. The Morgan fingerprint density at radius 2 is 1.73 bits per heavy atom. The maximum Gasteiger partial charge on any atom is 0.397 e. The molecule has 0 saturated carbocycles. The molecule has 33 heavy (non-hydrogen) atoms. The first-order chi connectivity index (χ1) is 15.8. The molecule has 2 aromatic carbocycles. The van der Waals surface area contributed by atoms with Gasteiger partial charge in [-0.15, -0.1) is 0 Å². The van der Waals surface area contributed by atoms with Crippen LogP contribution in [0.1, 0.15) is 23.2 Å². The van der Waals surface area contributed by atoms with E-state index < -0.39 is 18.5 Å². The molecule has 8 heteroatoms. The average Bonchev–Trinajstić information content (AvgIpc) is 2.81. The van der Waals surface area contributed by atoms with Gasteiger partial charge in [0.25, 0.3) is 0 Å². The van der Waals surface area contributed by atoms with E-state index in [9.17, 15) is 18.0 Å². The van der Waals surface area contributed by atoms with Crippen LogP contribution < -0.4 is 9.47 Å². The summed E-state index contributed by atoms with van der Waals surface area (Å²) in [5.41, 5.74) is 2.32. The van der Waals surface area contributed by atoms with Crippen molar-refractivity contribution in [3.8, 4) is 11.5 Å². The van der Waals surface area contributed by atoms with Gasteiger partial charge in [-0.1, -0.05) is 42.5 Å². The third-order valence-electron chi connectivity index (χ3n) is 4.91. The van der Waals surface area contributed by atoms with Gasteiger partial charge in [-0.2, -0.15) is 13.2 Å². The van der Waals surface area contributed by atoms with Gasteiger partial charge in [-0.3, -0.25) is 9.78 Å². The number of hydrogen-bond donors (Lipinski definition) is 0. The first-order valence-electron chi connectivity index (χ1n) is 10.4. The smallest absolute Gasteiger partial charge is 0.397 e. The predicted molar refractivity (Wildman–Crippen MR) is 118 cm³/mol. The monoisotopic (exact) mass is 458 g/mol.